The molecule has 1 aliphatic carbocycles. The van der Waals surface area contributed by atoms with Gasteiger partial charge in [0.1, 0.15) is 0 Å². The van der Waals surface area contributed by atoms with E-state index in [1.54, 1.807) is 0 Å². The van der Waals surface area contributed by atoms with E-state index < -0.39 is 0 Å². The Hall–Kier alpha value is 0. The zero-order valence-electron chi connectivity index (χ0n) is 8.70. The van der Waals surface area contributed by atoms with Crippen LogP contribution in [0.25, 0.3) is 0 Å². The predicted octanol–water partition coefficient (Wildman–Crippen LogP) is 3.86. The summed E-state index contributed by atoms with van der Waals surface area (Å²) in [7, 11) is 0. The third-order valence-corrected chi connectivity index (χ3v) is 4.32. The lowest BCUT2D eigenvalue weighted by atomic mass is 9.71. The molecule has 2 atom stereocenters. The van der Waals surface area contributed by atoms with Gasteiger partial charge >= 0.3 is 0 Å². The summed E-state index contributed by atoms with van der Waals surface area (Å²) in [6.45, 7) is 11.9. The van der Waals surface area contributed by atoms with Gasteiger partial charge < -0.3 is 0 Å². The van der Waals surface area contributed by atoms with Gasteiger partial charge in [-0.2, -0.15) is 0 Å². The van der Waals surface area contributed by atoms with Gasteiger partial charge in [0.05, 0.1) is 0 Å². The quantitative estimate of drug-likeness (QED) is 0.579. The van der Waals surface area contributed by atoms with Crippen LogP contribution in [-0.4, -0.2) is 0 Å². The van der Waals surface area contributed by atoms with Gasteiger partial charge in [0.2, 0.25) is 0 Å². The summed E-state index contributed by atoms with van der Waals surface area (Å²) in [4.78, 5) is 0. The molecule has 1 saturated carbocycles. The lowest BCUT2D eigenvalue weighted by Crippen LogP contribution is -2.25. The molecule has 0 aromatic rings. The fraction of sp³-hybridized carbons (Fsp3) is 1.00. The summed E-state index contributed by atoms with van der Waals surface area (Å²) in [5, 5.41) is 0. The van der Waals surface area contributed by atoms with Crippen molar-refractivity contribution in [1.82, 2.24) is 0 Å². The van der Waals surface area contributed by atoms with Crippen LogP contribution in [0.4, 0.5) is 0 Å². The van der Waals surface area contributed by atoms with Crippen LogP contribution in [0.15, 0.2) is 0 Å². The molecule has 2 unspecified atom stereocenters. The smallest absolute Gasteiger partial charge is 0.0220 e. The molecular formula is C11H22. The third kappa shape index (κ3) is 1.11. The SMILES string of the molecule is CCC(C)(C)C1(CC)CC1C. The van der Waals surface area contributed by atoms with E-state index in [0.717, 1.165) is 5.92 Å². The third-order valence-electron chi connectivity index (χ3n) is 4.32. The Bertz CT molecular complexity index is 142. The molecule has 0 aromatic carbocycles. The fourth-order valence-electron chi connectivity index (χ4n) is 2.75. The molecule has 0 heteroatoms. The molecular weight excluding hydrogens is 132 g/mol. The van der Waals surface area contributed by atoms with E-state index in [4.69, 9.17) is 0 Å². The molecule has 0 radical (unpaired) electrons. The normalized spacial score (nSPS) is 37.4. The van der Waals surface area contributed by atoms with Crippen LogP contribution >= 0.6 is 0 Å². The number of hydrogen-bond donors (Lipinski definition) is 0. The van der Waals surface area contributed by atoms with Gasteiger partial charge in [-0.15, -0.1) is 0 Å². The Morgan fingerprint density at radius 3 is 1.91 bits per heavy atom. The average molecular weight is 154 g/mol. The van der Waals surface area contributed by atoms with Crippen molar-refractivity contribution in [3.8, 4) is 0 Å². The minimum Gasteiger partial charge on any atom is -0.0649 e. The molecule has 1 rings (SSSR count). The predicted molar refractivity (Wildman–Crippen MR) is 50.6 cm³/mol. The van der Waals surface area contributed by atoms with Crippen molar-refractivity contribution in [3.63, 3.8) is 0 Å². The molecule has 0 bridgehead atoms. The molecule has 66 valence electrons. The van der Waals surface area contributed by atoms with Gasteiger partial charge in [0.25, 0.3) is 0 Å². The van der Waals surface area contributed by atoms with E-state index in [1.165, 1.54) is 19.3 Å². The first-order valence-electron chi connectivity index (χ1n) is 5.00. The molecule has 1 aliphatic rings. The molecule has 0 amide bonds. The van der Waals surface area contributed by atoms with Crippen molar-refractivity contribution >= 4 is 0 Å². The summed E-state index contributed by atoms with van der Waals surface area (Å²) in [6, 6.07) is 0. The topological polar surface area (TPSA) is 0 Å². The van der Waals surface area contributed by atoms with Crippen LogP contribution < -0.4 is 0 Å². The Morgan fingerprint density at radius 2 is 1.82 bits per heavy atom. The monoisotopic (exact) mass is 154 g/mol. The number of rotatable bonds is 3. The summed E-state index contributed by atoms with van der Waals surface area (Å²) in [5.41, 5.74) is 1.27. The standard InChI is InChI=1S/C11H22/c1-6-10(4,5)11(7-2)8-9(11)3/h9H,6-8H2,1-5H3. The van der Waals surface area contributed by atoms with Crippen molar-refractivity contribution in [3.05, 3.63) is 0 Å². The van der Waals surface area contributed by atoms with Crippen LogP contribution in [0, 0.1) is 16.7 Å². The van der Waals surface area contributed by atoms with Crippen LogP contribution in [0.2, 0.25) is 0 Å². The van der Waals surface area contributed by atoms with Crippen LogP contribution in [0.5, 0.6) is 0 Å². The van der Waals surface area contributed by atoms with E-state index in [9.17, 15) is 0 Å². The summed E-state index contributed by atoms with van der Waals surface area (Å²) in [5.74, 6) is 0.974. The Kier molecular flexibility index (Phi) is 2.07. The molecule has 0 saturated heterocycles. The van der Waals surface area contributed by atoms with Gasteiger partial charge in [-0.05, 0) is 29.6 Å². The average Bonchev–Trinajstić information content (AvgIpc) is 2.63. The largest absolute Gasteiger partial charge is 0.0649 e. The van der Waals surface area contributed by atoms with Gasteiger partial charge in [0, 0.05) is 0 Å². The van der Waals surface area contributed by atoms with E-state index >= 15 is 0 Å². The molecule has 0 N–H and O–H groups in total. The molecule has 0 nitrogen and oxygen atoms in total. The first kappa shape index (κ1) is 9.09. The number of hydrogen-bond acceptors (Lipinski definition) is 0. The maximum Gasteiger partial charge on any atom is -0.0220 e. The molecule has 0 aliphatic heterocycles. The molecule has 0 heterocycles. The highest BCUT2D eigenvalue weighted by molar-refractivity contribution is 5.06. The Balaban J connectivity index is 2.72. The van der Waals surface area contributed by atoms with Crippen molar-refractivity contribution in [2.75, 3.05) is 0 Å². The second-order valence-corrected chi connectivity index (χ2v) is 4.85. The molecule has 0 aromatic heterocycles. The highest BCUT2D eigenvalue weighted by atomic mass is 14.6. The van der Waals surface area contributed by atoms with Crippen molar-refractivity contribution in [1.29, 1.82) is 0 Å². The van der Waals surface area contributed by atoms with Crippen LogP contribution in [0.3, 0.4) is 0 Å². The Morgan fingerprint density at radius 1 is 1.36 bits per heavy atom. The van der Waals surface area contributed by atoms with E-state index in [0.29, 0.717) is 10.8 Å². The van der Waals surface area contributed by atoms with Gasteiger partial charge in [-0.25, -0.2) is 0 Å². The van der Waals surface area contributed by atoms with Crippen LogP contribution in [-0.2, 0) is 0 Å². The molecule has 0 spiro atoms. The summed E-state index contributed by atoms with van der Waals surface area (Å²) in [6.07, 6.45) is 4.16. The van der Waals surface area contributed by atoms with Crippen molar-refractivity contribution < 1.29 is 0 Å². The first-order chi connectivity index (χ1) is 5.00. The van der Waals surface area contributed by atoms with E-state index in [2.05, 4.69) is 34.6 Å². The summed E-state index contributed by atoms with van der Waals surface area (Å²) < 4.78 is 0. The minimum absolute atomic E-state index is 0.571. The second-order valence-electron chi connectivity index (χ2n) is 4.85. The van der Waals surface area contributed by atoms with Crippen LogP contribution in [0.1, 0.15) is 53.9 Å². The first-order valence-corrected chi connectivity index (χ1v) is 5.00. The minimum atomic E-state index is 0.571. The molecule has 11 heavy (non-hydrogen) atoms. The van der Waals surface area contributed by atoms with Crippen molar-refractivity contribution in [2.45, 2.75) is 53.9 Å². The fourth-order valence-corrected chi connectivity index (χ4v) is 2.75. The van der Waals surface area contributed by atoms with Gasteiger partial charge in [-0.1, -0.05) is 41.0 Å². The highest BCUT2D eigenvalue weighted by Gasteiger charge is 2.57. The summed E-state index contributed by atoms with van der Waals surface area (Å²) >= 11 is 0. The van der Waals surface area contributed by atoms with Gasteiger partial charge in [0.15, 0.2) is 0 Å². The zero-order valence-corrected chi connectivity index (χ0v) is 8.70. The molecule has 1 fully saturated rings. The lowest BCUT2D eigenvalue weighted by Gasteiger charge is -2.34. The van der Waals surface area contributed by atoms with E-state index in [1.807, 2.05) is 0 Å². The Labute approximate surface area is 71.4 Å². The van der Waals surface area contributed by atoms with Crippen molar-refractivity contribution in [2.24, 2.45) is 16.7 Å². The highest BCUT2D eigenvalue weighted by Crippen LogP contribution is 2.66. The second kappa shape index (κ2) is 2.50. The maximum absolute atomic E-state index is 2.43. The zero-order chi connectivity index (χ0) is 8.70. The maximum atomic E-state index is 2.43. The van der Waals surface area contributed by atoms with E-state index in [-0.39, 0.29) is 0 Å². The van der Waals surface area contributed by atoms with Gasteiger partial charge in [-0.3, -0.25) is 0 Å². The lowest BCUT2D eigenvalue weighted by molar-refractivity contribution is 0.155.